The topological polar surface area (TPSA) is 90.5 Å². The van der Waals surface area contributed by atoms with Gasteiger partial charge in [0.15, 0.2) is 15.4 Å². The quantitative estimate of drug-likeness (QED) is 0.537. The third-order valence-corrected chi connectivity index (χ3v) is 8.35. The Hall–Kier alpha value is -3.33. The van der Waals surface area contributed by atoms with E-state index in [-0.39, 0.29) is 28.6 Å². The van der Waals surface area contributed by atoms with Crippen molar-refractivity contribution < 1.29 is 22.0 Å². The molecule has 0 saturated heterocycles. The molecule has 0 spiro atoms. The van der Waals surface area contributed by atoms with E-state index in [2.05, 4.69) is 11.9 Å². The summed E-state index contributed by atoms with van der Waals surface area (Å²) in [5.74, 6) is -1.28. The Kier molecular flexibility index (Phi) is 5.02. The van der Waals surface area contributed by atoms with E-state index in [1.807, 2.05) is 13.8 Å². The van der Waals surface area contributed by atoms with Crippen LogP contribution in [0, 0.1) is 11.2 Å². The lowest BCUT2D eigenvalue weighted by Crippen LogP contribution is -2.37. The van der Waals surface area contributed by atoms with Crippen LogP contribution in [0.4, 0.5) is 10.1 Å². The molecular formula is C25H25FN2O5S. The molecule has 1 atom stereocenters. The maximum atomic E-state index is 15.6. The number of hydrogen-bond donors (Lipinski definition) is 1. The molecule has 1 aromatic heterocycles. The van der Waals surface area contributed by atoms with Crippen LogP contribution in [0.15, 0.2) is 68.4 Å². The molecule has 2 aromatic carbocycles. The molecular weight excluding hydrogens is 459 g/mol. The Labute approximate surface area is 196 Å². The lowest BCUT2D eigenvalue weighted by Gasteiger charge is -2.35. The predicted octanol–water partition coefficient (Wildman–Crippen LogP) is 4.76. The molecule has 0 radical (unpaired) electrons. The van der Waals surface area contributed by atoms with E-state index in [0.29, 0.717) is 28.9 Å². The van der Waals surface area contributed by atoms with Crippen molar-refractivity contribution in [3.8, 4) is 5.75 Å². The van der Waals surface area contributed by atoms with Gasteiger partial charge in [-0.3, -0.25) is 4.57 Å². The van der Waals surface area contributed by atoms with Gasteiger partial charge < -0.3 is 14.5 Å². The normalized spacial score (nSPS) is 20.4. The van der Waals surface area contributed by atoms with E-state index in [9.17, 15) is 13.2 Å². The number of benzene rings is 2. The molecule has 1 unspecified atom stereocenters. The highest BCUT2D eigenvalue weighted by atomic mass is 32.2. The van der Waals surface area contributed by atoms with Crippen molar-refractivity contribution in [3.63, 3.8) is 0 Å². The summed E-state index contributed by atoms with van der Waals surface area (Å²) >= 11 is 0. The van der Waals surface area contributed by atoms with Gasteiger partial charge in [0.1, 0.15) is 29.7 Å². The Balaban J connectivity index is 1.80. The zero-order valence-corrected chi connectivity index (χ0v) is 20.0. The van der Waals surface area contributed by atoms with Gasteiger partial charge in [-0.2, -0.15) is 0 Å². The number of allylic oxidation sites excluding steroid dienone is 2. The van der Waals surface area contributed by atoms with Crippen molar-refractivity contribution in [2.75, 3.05) is 17.7 Å². The number of nitrogens with zero attached hydrogens (tertiary/aromatic N) is 1. The highest BCUT2D eigenvalue weighted by Crippen LogP contribution is 2.47. The van der Waals surface area contributed by atoms with Crippen molar-refractivity contribution in [2.24, 2.45) is 5.41 Å². The SMILES string of the molecule is C=C(C)COc1ccc(C2C3=C(CC(C)(C)CS3(=O)=O)Nc3cccc4oc(=O)n2c34)c(F)c1. The van der Waals surface area contributed by atoms with Gasteiger partial charge >= 0.3 is 5.76 Å². The number of oxazole rings is 1. The van der Waals surface area contributed by atoms with Crippen LogP contribution in [0.3, 0.4) is 0 Å². The molecule has 0 aliphatic carbocycles. The molecule has 7 nitrogen and oxygen atoms in total. The van der Waals surface area contributed by atoms with Crippen molar-refractivity contribution in [3.05, 3.63) is 81.1 Å². The molecule has 5 rings (SSSR count). The number of aromatic nitrogens is 1. The second kappa shape index (κ2) is 7.59. The van der Waals surface area contributed by atoms with Crippen LogP contribution in [0.1, 0.15) is 38.8 Å². The van der Waals surface area contributed by atoms with Crippen LogP contribution in [-0.2, 0) is 9.84 Å². The van der Waals surface area contributed by atoms with Gasteiger partial charge in [0, 0.05) is 17.3 Å². The van der Waals surface area contributed by atoms with E-state index in [1.165, 1.54) is 16.7 Å². The number of halogens is 1. The van der Waals surface area contributed by atoms with Crippen LogP contribution in [0.5, 0.6) is 5.75 Å². The molecule has 3 aromatic rings. The summed E-state index contributed by atoms with van der Waals surface area (Å²) in [6, 6.07) is 8.10. The molecule has 1 N–H and O–H groups in total. The Bertz CT molecular complexity index is 1540. The Morgan fingerprint density at radius 2 is 2.09 bits per heavy atom. The number of nitrogens with one attached hydrogen (secondary N) is 1. The monoisotopic (exact) mass is 484 g/mol. The smallest absolute Gasteiger partial charge is 0.420 e. The fourth-order valence-corrected chi connectivity index (χ4v) is 7.20. The summed E-state index contributed by atoms with van der Waals surface area (Å²) in [6.45, 7) is 9.53. The number of hydrogen-bond acceptors (Lipinski definition) is 6. The second-order valence-corrected chi connectivity index (χ2v) is 11.7. The molecule has 0 amide bonds. The second-order valence-electron chi connectivity index (χ2n) is 9.79. The first-order chi connectivity index (χ1) is 16.0. The van der Waals surface area contributed by atoms with E-state index < -0.39 is 32.9 Å². The van der Waals surface area contributed by atoms with Gasteiger partial charge in [-0.15, -0.1) is 0 Å². The molecule has 178 valence electrons. The van der Waals surface area contributed by atoms with Gasteiger partial charge in [-0.05, 0) is 48.6 Å². The first kappa shape index (κ1) is 22.5. The lowest BCUT2D eigenvalue weighted by atomic mass is 9.88. The first-order valence-corrected chi connectivity index (χ1v) is 12.6. The average Bonchev–Trinajstić information content (AvgIpc) is 2.96. The zero-order valence-electron chi connectivity index (χ0n) is 19.1. The average molecular weight is 485 g/mol. The van der Waals surface area contributed by atoms with E-state index in [4.69, 9.17) is 9.15 Å². The third-order valence-electron chi connectivity index (χ3n) is 6.05. The summed E-state index contributed by atoms with van der Waals surface area (Å²) in [4.78, 5) is 13.0. The van der Waals surface area contributed by atoms with E-state index in [0.717, 1.165) is 5.57 Å². The number of para-hydroxylation sites is 1. The number of anilines is 1. The van der Waals surface area contributed by atoms with Gasteiger partial charge in [0.05, 0.1) is 16.3 Å². The molecule has 34 heavy (non-hydrogen) atoms. The molecule has 2 aliphatic heterocycles. The Morgan fingerprint density at radius 1 is 1.32 bits per heavy atom. The number of ether oxygens (including phenoxy) is 1. The maximum Gasteiger partial charge on any atom is 0.420 e. The summed E-state index contributed by atoms with van der Waals surface area (Å²) in [5.41, 5.74) is 1.95. The molecule has 2 aliphatic rings. The van der Waals surface area contributed by atoms with Crippen molar-refractivity contribution in [2.45, 2.75) is 33.2 Å². The van der Waals surface area contributed by atoms with Crippen molar-refractivity contribution >= 4 is 26.6 Å². The predicted molar refractivity (Wildman–Crippen MR) is 128 cm³/mol. The van der Waals surface area contributed by atoms with Gasteiger partial charge in [-0.25, -0.2) is 17.6 Å². The maximum absolute atomic E-state index is 15.6. The lowest BCUT2D eigenvalue weighted by molar-refractivity contribution is 0.350. The summed E-state index contributed by atoms with van der Waals surface area (Å²) in [7, 11) is -3.86. The van der Waals surface area contributed by atoms with E-state index >= 15 is 4.39 Å². The summed E-state index contributed by atoms with van der Waals surface area (Å²) in [5, 5.41) is 3.24. The van der Waals surface area contributed by atoms with Crippen LogP contribution in [0.2, 0.25) is 0 Å². The fraction of sp³-hybridized carbons (Fsp3) is 0.320. The van der Waals surface area contributed by atoms with Crippen LogP contribution < -0.4 is 15.8 Å². The standard InChI is InChI=1S/C25H25FN2O5S/c1-14(2)12-32-15-8-9-16(17(26)10-15)21-23-19(11-25(3,4)13-34(23,30)31)27-18-6-5-7-20-22(18)28(21)24(29)33-20/h5-10,21,27H,1,11-13H2,2-4H3. The highest BCUT2D eigenvalue weighted by molar-refractivity contribution is 7.95. The minimum Gasteiger partial charge on any atom is -0.489 e. The van der Waals surface area contributed by atoms with Crippen LogP contribution in [0.25, 0.3) is 11.1 Å². The van der Waals surface area contributed by atoms with Gasteiger partial charge in [-0.1, -0.05) is 26.5 Å². The van der Waals surface area contributed by atoms with Gasteiger partial charge in [0.2, 0.25) is 0 Å². The molecule has 0 saturated carbocycles. The van der Waals surface area contributed by atoms with Crippen LogP contribution >= 0.6 is 0 Å². The molecule has 9 heteroatoms. The third kappa shape index (κ3) is 3.64. The molecule has 3 heterocycles. The highest BCUT2D eigenvalue weighted by Gasteiger charge is 2.45. The van der Waals surface area contributed by atoms with Crippen molar-refractivity contribution in [1.29, 1.82) is 0 Å². The number of sulfone groups is 1. The van der Waals surface area contributed by atoms with Crippen LogP contribution in [-0.4, -0.2) is 25.3 Å². The molecule has 0 bridgehead atoms. The zero-order chi connectivity index (χ0) is 24.4. The fourth-order valence-electron chi connectivity index (χ4n) is 4.85. The minimum atomic E-state index is -3.86. The molecule has 0 fully saturated rings. The summed E-state index contributed by atoms with van der Waals surface area (Å²) in [6.07, 6.45) is 0.423. The number of rotatable bonds is 4. The van der Waals surface area contributed by atoms with Crippen molar-refractivity contribution in [1.82, 2.24) is 4.57 Å². The largest absolute Gasteiger partial charge is 0.489 e. The first-order valence-electron chi connectivity index (χ1n) is 10.9. The Morgan fingerprint density at radius 3 is 2.79 bits per heavy atom. The minimum absolute atomic E-state index is 0.0117. The van der Waals surface area contributed by atoms with E-state index in [1.54, 1.807) is 31.2 Å². The summed E-state index contributed by atoms with van der Waals surface area (Å²) < 4.78 is 55.0. The van der Waals surface area contributed by atoms with Gasteiger partial charge in [0.25, 0.3) is 0 Å².